The van der Waals surface area contributed by atoms with Crippen molar-refractivity contribution >= 4 is 17.8 Å². The molecule has 0 saturated carbocycles. The average Bonchev–Trinajstić information content (AvgIpc) is 2.45. The molecule has 21 heavy (non-hydrogen) atoms. The molecule has 1 aromatic carbocycles. The van der Waals surface area contributed by atoms with Crippen molar-refractivity contribution in [2.75, 3.05) is 19.7 Å². The third-order valence-corrected chi connectivity index (χ3v) is 2.90. The highest BCUT2D eigenvalue weighted by Crippen LogP contribution is 2.10. The fourth-order valence-corrected chi connectivity index (χ4v) is 1.57. The highest BCUT2D eigenvalue weighted by Gasteiger charge is 2.11. The van der Waals surface area contributed by atoms with Crippen LogP contribution in [0.3, 0.4) is 0 Å². The topological polar surface area (TPSA) is 84.5 Å². The van der Waals surface area contributed by atoms with E-state index < -0.39 is 18.5 Å². The molecule has 0 atom stereocenters. The molecule has 0 aliphatic carbocycles. The number of ether oxygens (including phenoxy) is 1. The number of carbonyl (C=O) groups is 3. The summed E-state index contributed by atoms with van der Waals surface area (Å²) in [5, 5.41) is 4.91. The second-order valence-corrected chi connectivity index (χ2v) is 4.61. The largest absolute Gasteiger partial charge is 0.452 e. The van der Waals surface area contributed by atoms with E-state index in [1.807, 2.05) is 19.9 Å². The van der Waals surface area contributed by atoms with Gasteiger partial charge in [-0.25, -0.2) is 4.79 Å². The number of benzene rings is 1. The molecule has 6 heteroatoms. The maximum absolute atomic E-state index is 11.8. The Hall–Kier alpha value is -2.37. The third kappa shape index (κ3) is 5.64. The molecular weight excluding hydrogens is 272 g/mol. The van der Waals surface area contributed by atoms with Gasteiger partial charge < -0.3 is 15.4 Å². The lowest BCUT2D eigenvalue weighted by Gasteiger charge is -2.07. The first-order valence-electron chi connectivity index (χ1n) is 6.71. The summed E-state index contributed by atoms with van der Waals surface area (Å²) in [6, 6.07) is 5.18. The van der Waals surface area contributed by atoms with Crippen molar-refractivity contribution in [3.05, 3.63) is 34.9 Å². The minimum Gasteiger partial charge on any atom is -0.452 e. The van der Waals surface area contributed by atoms with Gasteiger partial charge in [-0.1, -0.05) is 6.07 Å². The summed E-state index contributed by atoms with van der Waals surface area (Å²) in [4.78, 5) is 34.4. The minimum atomic E-state index is -0.564. The van der Waals surface area contributed by atoms with Gasteiger partial charge in [0.2, 0.25) is 5.91 Å². The lowest BCUT2D eigenvalue weighted by molar-refractivity contribution is -0.127. The van der Waals surface area contributed by atoms with Gasteiger partial charge in [-0.05, 0) is 44.0 Å². The van der Waals surface area contributed by atoms with Gasteiger partial charge >= 0.3 is 5.97 Å². The van der Waals surface area contributed by atoms with E-state index in [2.05, 4.69) is 10.6 Å². The molecule has 0 fully saturated rings. The first kappa shape index (κ1) is 16.7. The fourth-order valence-electron chi connectivity index (χ4n) is 1.57. The Labute approximate surface area is 123 Å². The predicted octanol–water partition coefficient (Wildman–Crippen LogP) is 0.713. The SMILES string of the molecule is CCNC(=O)CNC(=O)COC(=O)c1ccc(C)c(C)c1. The molecule has 0 bridgehead atoms. The van der Waals surface area contributed by atoms with Crippen molar-refractivity contribution in [1.82, 2.24) is 10.6 Å². The van der Waals surface area contributed by atoms with Gasteiger partial charge in [-0.3, -0.25) is 9.59 Å². The average molecular weight is 292 g/mol. The molecule has 114 valence electrons. The maximum Gasteiger partial charge on any atom is 0.338 e. The summed E-state index contributed by atoms with van der Waals surface area (Å²) < 4.78 is 4.89. The molecule has 0 unspecified atom stereocenters. The van der Waals surface area contributed by atoms with Gasteiger partial charge in [0.1, 0.15) is 0 Å². The summed E-state index contributed by atoms with van der Waals surface area (Å²) in [6.07, 6.45) is 0. The summed E-state index contributed by atoms with van der Waals surface area (Å²) >= 11 is 0. The molecular formula is C15H20N2O4. The number of esters is 1. The van der Waals surface area contributed by atoms with Crippen LogP contribution < -0.4 is 10.6 Å². The van der Waals surface area contributed by atoms with E-state index in [-0.39, 0.29) is 12.5 Å². The Bertz CT molecular complexity index is 540. The van der Waals surface area contributed by atoms with Crippen LogP contribution in [0.2, 0.25) is 0 Å². The standard InChI is InChI=1S/C15H20N2O4/c1-4-16-13(18)8-17-14(19)9-21-15(20)12-6-5-10(2)11(3)7-12/h5-7H,4,8-9H2,1-3H3,(H,16,18)(H,17,19). The number of amides is 2. The van der Waals surface area contributed by atoms with Gasteiger partial charge in [-0.2, -0.15) is 0 Å². The van der Waals surface area contributed by atoms with E-state index in [0.29, 0.717) is 12.1 Å². The number of hydrogen-bond acceptors (Lipinski definition) is 4. The van der Waals surface area contributed by atoms with E-state index >= 15 is 0 Å². The van der Waals surface area contributed by atoms with E-state index in [9.17, 15) is 14.4 Å². The van der Waals surface area contributed by atoms with E-state index in [0.717, 1.165) is 11.1 Å². The minimum absolute atomic E-state index is 0.131. The molecule has 0 aliphatic heterocycles. The smallest absolute Gasteiger partial charge is 0.338 e. The predicted molar refractivity (Wildman–Crippen MR) is 77.9 cm³/mol. The lowest BCUT2D eigenvalue weighted by atomic mass is 10.1. The Morgan fingerprint density at radius 2 is 1.76 bits per heavy atom. The molecule has 6 nitrogen and oxygen atoms in total. The van der Waals surface area contributed by atoms with Crippen LogP contribution in [0.15, 0.2) is 18.2 Å². The Morgan fingerprint density at radius 3 is 2.38 bits per heavy atom. The van der Waals surface area contributed by atoms with Crippen molar-refractivity contribution in [1.29, 1.82) is 0 Å². The Kier molecular flexibility index (Phi) is 6.39. The summed E-state index contributed by atoms with van der Waals surface area (Å²) in [5.41, 5.74) is 2.45. The van der Waals surface area contributed by atoms with Gasteiger partial charge in [0.05, 0.1) is 12.1 Å². The van der Waals surface area contributed by atoms with Crippen LogP contribution in [0, 0.1) is 13.8 Å². The molecule has 0 aliphatic rings. The van der Waals surface area contributed by atoms with E-state index in [1.165, 1.54) is 0 Å². The number of carbonyl (C=O) groups excluding carboxylic acids is 3. The van der Waals surface area contributed by atoms with Crippen LogP contribution in [0.5, 0.6) is 0 Å². The van der Waals surface area contributed by atoms with Crippen LogP contribution in [0.1, 0.15) is 28.4 Å². The maximum atomic E-state index is 11.8. The van der Waals surface area contributed by atoms with Crippen LogP contribution in [0.4, 0.5) is 0 Å². The second-order valence-electron chi connectivity index (χ2n) is 4.61. The molecule has 2 amide bonds. The molecule has 0 aromatic heterocycles. The quantitative estimate of drug-likeness (QED) is 0.756. The Morgan fingerprint density at radius 1 is 1.05 bits per heavy atom. The van der Waals surface area contributed by atoms with Gasteiger partial charge in [0, 0.05) is 6.54 Å². The van der Waals surface area contributed by atoms with Gasteiger partial charge in [-0.15, -0.1) is 0 Å². The fraction of sp³-hybridized carbons (Fsp3) is 0.400. The summed E-state index contributed by atoms with van der Waals surface area (Å²) in [6.45, 7) is 5.57. The van der Waals surface area contributed by atoms with Crippen molar-refractivity contribution < 1.29 is 19.1 Å². The van der Waals surface area contributed by atoms with Crippen LogP contribution >= 0.6 is 0 Å². The molecule has 2 N–H and O–H groups in total. The normalized spacial score (nSPS) is 9.86. The Balaban J connectivity index is 2.40. The number of likely N-dealkylation sites (N-methyl/N-ethyl adjacent to an activating group) is 1. The number of rotatable bonds is 6. The zero-order chi connectivity index (χ0) is 15.8. The highest BCUT2D eigenvalue weighted by molar-refractivity contribution is 5.92. The third-order valence-electron chi connectivity index (χ3n) is 2.90. The summed E-state index contributed by atoms with van der Waals surface area (Å²) in [7, 11) is 0. The highest BCUT2D eigenvalue weighted by atomic mass is 16.5. The van der Waals surface area contributed by atoms with Gasteiger partial charge in [0.15, 0.2) is 6.61 Å². The van der Waals surface area contributed by atoms with E-state index in [1.54, 1.807) is 19.1 Å². The first-order chi connectivity index (χ1) is 9.93. The number of aryl methyl sites for hydroxylation is 2. The second kappa shape index (κ2) is 8.04. The molecule has 0 heterocycles. The monoisotopic (exact) mass is 292 g/mol. The molecule has 0 saturated heterocycles. The van der Waals surface area contributed by atoms with E-state index in [4.69, 9.17) is 4.74 Å². The van der Waals surface area contributed by atoms with Crippen LogP contribution in [-0.4, -0.2) is 37.5 Å². The molecule has 0 spiro atoms. The summed E-state index contributed by atoms with van der Waals surface area (Å²) in [5.74, 6) is -1.36. The van der Waals surface area contributed by atoms with Crippen molar-refractivity contribution in [2.24, 2.45) is 0 Å². The number of hydrogen-bond donors (Lipinski definition) is 2. The lowest BCUT2D eigenvalue weighted by Crippen LogP contribution is -2.38. The first-order valence-corrected chi connectivity index (χ1v) is 6.71. The van der Waals surface area contributed by atoms with Gasteiger partial charge in [0.25, 0.3) is 5.91 Å². The molecule has 1 rings (SSSR count). The zero-order valence-corrected chi connectivity index (χ0v) is 12.5. The van der Waals surface area contributed by atoms with Crippen LogP contribution in [0.25, 0.3) is 0 Å². The molecule has 0 radical (unpaired) electrons. The zero-order valence-electron chi connectivity index (χ0n) is 12.5. The number of nitrogens with one attached hydrogen (secondary N) is 2. The molecule has 1 aromatic rings. The van der Waals surface area contributed by atoms with Crippen LogP contribution in [-0.2, 0) is 14.3 Å². The van der Waals surface area contributed by atoms with Crippen molar-refractivity contribution in [3.8, 4) is 0 Å². The van der Waals surface area contributed by atoms with Crippen molar-refractivity contribution in [2.45, 2.75) is 20.8 Å². The van der Waals surface area contributed by atoms with Crippen molar-refractivity contribution in [3.63, 3.8) is 0 Å².